The molecule has 0 aliphatic carbocycles. The lowest BCUT2D eigenvalue weighted by Crippen LogP contribution is -2.45. The molecule has 1 atom stereocenters. The molecular formula is C16H22F2N4O3S. The molecule has 1 amide bonds. The average Bonchev–Trinajstić information content (AvgIpc) is 2.83. The van der Waals surface area contributed by atoms with E-state index in [4.69, 9.17) is 5.73 Å². The summed E-state index contributed by atoms with van der Waals surface area (Å²) in [5.74, 6) is -3.85. The molecule has 0 saturated heterocycles. The molecule has 0 fully saturated rings. The molecule has 4 N–H and O–H groups in total. The van der Waals surface area contributed by atoms with Crippen LogP contribution in [0, 0.1) is 5.92 Å². The largest absolute Gasteiger partial charge is 0.348 e. The zero-order valence-corrected chi connectivity index (χ0v) is 15.3. The highest BCUT2D eigenvalue weighted by Crippen LogP contribution is 2.23. The Morgan fingerprint density at radius 2 is 2.00 bits per heavy atom. The van der Waals surface area contributed by atoms with Gasteiger partial charge in [0, 0.05) is 5.56 Å². The lowest BCUT2D eigenvalue weighted by atomic mass is 10.0. The summed E-state index contributed by atoms with van der Waals surface area (Å²) >= 11 is 0. The molecule has 1 aliphatic heterocycles. The van der Waals surface area contributed by atoms with Crippen molar-refractivity contribution in [2.24, 2.45) is 16.6 Å². The molecule has 10 heteroatoms. The molecule has 144 valence electrons. The van der Waals surface area contributed by atoms with Crippen molar-refractivity contribution in [2.75, 3.05) is 13.1 Å². The molecule has 1 aromatic carbocycles. The van der Waals surface area contributed by atoms with E-state index in [1.54, 1.807) is 18.2 Å². The number of fused-ring (bicyclic) bond motifs is 1. The fourth-order valence-electron chi connectivity index (χ4n) is 2.46. The summed E-state index contributed by atoms with van der Waals surface area (Å²) in [5.41, 5.74) is 5.31. The number of carbonyl (C=O) groups is 1. The highest BCUT2D eigenvalue weighted by atomic mass is 32.2. The van der Waals surface area contributed by atoms with E-state index in [1.165, 1.54) is 6.07 Å². The number of sulfonamides is 1. The molecule has 0 spiro atoms. The van der Waals surface area contributed by atoms with E-state index in [0.29, 0.717) is 5.56 Å². The van der Waals surface area contributed by atoms with Gasteiger partial charge in [-0.1, -0.05) is 26.0 Å². The standard InChI is InChI=1S/C16H22F2N4O3S/c1-10(2)7-12(15(23)20-9-16(17,18)8-19)21-14-11-5-3-4-6-13(11)26(24,25)22-14/h3-6,10,12H,7-9,19H2,1-2H3,(H,20,23)(H,21,22). The van der Waals surface area contributed by atoms with Crippen molar-refractivity contribution in [3.63, 3.8) is 0 Å². The minimum atomic E-state index is -3.74. The third-order valence-corrected chi connectivity index (χ3v) is 5.16. The quantitative estimate of drug-likeness (QED) is 0.642. The van der Waals surface area contributed by atoms with Crippen LogP contribution in [0.3, 0.4) is 0 Å². The van der Waals surface area contributed by atoms with Crippen LogP contribution in [-0.4, -0.2) is 45.2 Å². The number of rotatable bonds is 7. The zero-order valence-electron chi connectivity index (χ0n) is 14.5. The molecular weight excluding hydrogens is 366 g/mol. The van der Waals surface area contributed by atoms with E-state index in [1.807, 2.05) is 13.8 Å². The van der Waals surface area contributed by atoms with E-state index in [2.05, 4.69) is 15.0 Å². The van der Waals surface area contributed by atoms with Gasteiger partial charge >= 0.3 is 0 Å². The van der Waals surface area contributed by atoms with Crippen molar-refractivity contribution in [1.82, 2.24) is 10.0 Å². The van der Waals surface area contributed by atoms with E-state index in [9.17, 15) is 22.0 Å². The highest BCUT2D eigenvalue weighted by Gasteiger charge is 2.33. The first-order valence-corrected chi connectivity index (χ1v) is 9.59. The van der Waals surface area contributed by atoms with Crippen molar-refractivity contribution in [1.29, 1.82) is 0 Å². The SMILES string of the molecule is CC(C)CC(N=C1NS(=O)(=O)c2ccccc21)C(=O)NCC(F)(F)CN. The maximum Gasteiger partial charge on any atom is 0.277 e. The van der Waals surface area contributed by atoms with E-state index in [0.717, 1.165) is 0 Å². The number of nitrogens with two attached hydrogens (primary N) is 1. The second-order valence-corrected chi connectivity index (χ2v) is 8.15. The fourth-order valence-corrected chi connectivity index (χ4v) is 3.70. The lowest BCUT2D eigenvalue weighted by molar-refractivity contribution is -0.124. The minimum Gasteiger partial charge on any atom is -0.348 e. The first-order valence-electron chi connectivity index (χ1n) is 8.11. The summed E-state index contributed by atoms with van der Waals surface area (Å²) in [6.45, 7) is 1.91. The van der Waals surface area contributed by atoms with Gasteiger partial charge < -0.3 is 11.1 Å². The Bertz CT molecular complexity index is 809. The topological polar surface area (TPSA) is 114 Å². The lowest BCUT2D eigenvalue weighted by Gasteiger charge is -2.19. The fraction of sp³-hybridized carbons (Fsp3) is 0.500. The van der Waals surface area contributed by atoms with Gasteiger partial charge in [0.2, 0.25) is 5.91 Å². The van der Waals surface area contributed by atoms with Crippen LogP contribution in [0.2, 0.25) is 0 Å². The molecule has 1 heterocycles. The molecule has 1 aromatic rings. The van der Waals surface area contributed by atoms with Crippen LogP contribution in [-0.2, 0) is 14.8 Å². The van der Waals surface area contributed by atoms with Gasteiger partial charge in [0.25, 0.3) is 15.9 Å². The third kappa shape index (κ3) is 4.76. The van der Waals surface area contributed by atoms with Gasteiger partial charge in [-0.2, -0.15) is 0 Å². The Kier molecular flexibility index (Phi) is 5.97. The molecule has 7 nitrogen and oxygen atoms in total. The van der Waals surface area contributed by atoms with Crippen LogP contribution in [0.15, 0.2) is 34.2 Å². The summed E-state index contributed by atoms with van der Waals surface area (Å²) in [7, 11) is -3.74. The predicted molar refractivity (Wildman–Crippen MR) is 93.6 cm³/mol. The molecule has 1 unspecified atom stereocenters. The van der Waals surface area contributed by atoms with Crippen LogP contribution in [0.25, 0.3) is 0 Å². The van der Waals surface area contributed by atoms with Crippen molar-refractivity contribution < 1.29 is 22.0 Å². The van der Waals surface area contributed by atoms with Gasteiger partial charge in [-0.15, -0.1) is 0 Å². The first kappa shape index (κ1) is 20.2. The summed E-state index contributed by atoms with van der Waals surface area (Å²) in [5, 5.41) is 2.14. The smallest absolute Gasteiger partial charge is 0.277 e. The molecule has 0 saturated carbocycles. The molecule has 0 aromatic heterocycles. The summed E-state index contributed by atoms with van der Waals surface area (Å²) in [4.78, 5) is 16.6. The number of carbonyl (C=O) groups excluding carboxylic acids is 1. The molecule has 0 bridgehead atoms. The third-order valence-electron chi connectivity index (χ3n) is 3.76. The van der Waals surface area contributed by atoms with E-state index < -0.39 is 41.0 Å². The average molecular weight is 388 g/mol. The molecule has 1 aliphatic rings. The maximum absolute atomic E-state index is 13.3. The number of halogens is 2. The molecule has 2 rings (SSSR count). The number of hydrogen-bond acceptors (Lipinski definition) is 5. The number of amidine groups is 1. The van der Waals surface area contributed by atoms with Crippen LogP contribution in [0.1, 0.15) is 25.8 Å². The van der Waals surface area contributed by atoms with Gasteiger partial charge in [0.15, 0.2) is 0 Å². The Labute approximate surface area is 151 Å². The predicted octanol–water partition coefficient (Wildman–Crippen LogP) is 0.850. The van der Waals surface area contributed by atoms with Gasteiger partial charge in [-0.25, -0.2) is 17.2 Å². The van der Waals surface area contributed by atoms with Crippen molar-refractivity contribution in [3.8, 4) is 0 Å². The van der Waals surface area contributed by atoms with Gasteiger partial charge in [0.1, 0.15) is 11.9 Å². The second-order valence-electron chi connectivity index (χ2n) is 6.50. The number of aliphatic imine (C=N–C) groups is 1. The normalized spacial score (nSPS) is 18.5. The maximum atomic E-state index is 13.3. The number of benzene rings is 1. The number of nitrogens with one attached hydrogen (secondary N) is 2. The van der Waals surface area contributed by atoms with Gasteiger partial charge in [-0.3, -0.25) is 14.5 Å². The van der Waals surface area contributed by atoms with Crippen LogP contribution < -0.4 is 15.8 Å². The van der Waals surface area contributed by atoms with Crippen LogP contribution in [0.4, 0.5) is 8.78 Å². The van der Waals surface area contributed by atoms with Crippen molar-refractivity contribution in [3.05, 3.63) is 29.8 Å². The number of nitrogens with zero attached hydrogens (tertiary/aromatic N) is 1. The Balaban J connectivity index is 2.28. The Hall–Kier alpha value is -2.07. The number of hydrogen-bond donors (Lipinski definition) is 3. The number of amides is 1. The van der Waals surface area contributed by atoms with Gasteiger partial charge in [0.05, 0.1) is 18.0 Å². The summed E-state index contributed by atoms with van der Waals surface area (Å²) < 4.78 is 53.1. The zero-order chi connectivity index (χ0) is 19.5. The summed E-state index contributed by atoms with van der Waals surface area (Å²) in [6.07, 6.45) is 0.271. The second kappa shape index (κ2) is 7.67. The van der Waals surface area contributed by atoms with E-state index >= 15 is 0 Å². The van der Waals surface area contributed by atoms with E-state index in [-0.39, 0.29) is 23.1 Å². The van der Waals surface area contributed by atoms with Crippen molar-refractivity contribution in [2.45, 2.75) is 37.1 Å². The molecule has 0 radical (unpaired) electrons. The van der Waals surface area contributed by atoms with Gasteiger partial charge in [-0.05, 0) is 24.5 Å². The highest BCUT2D eigenvalue weighted by molar-refractivity contribution is 7.90. The minimum absolute atomic E-state index is 0.0342. The number of alkyl halides is 2. The van der Waals surface area contributed by atoms with Crippen LogP contribution >= 0.6 is 0 Å². The van der Waals surface area contributed by atoms with Crippen molar-refractivity contribution >= 4 is 21.8 Å². The first-order chi connectivity index (χ1) is 12.1. The Morgan fingerprint density at radius 1 is 1.35 bits per heavy atom. The molecule has 26 heavy (non-hydrogen) atoms. The Morgan fingerprint density at radius 3 is 2.62 bits per heavy atom. The summed E-state index contributed by atoms with van der Waals surface area (Å²) in [6, 6.07) is 5.22. The van der Waals surface area contributed by atoms with Crippen LogP contribution in [0.5, 0.6) is 0 Å². The monoisotopic (exact) mass is 388 g/mol.